The van der Waals surface area contributed by atoms with Crippen LogP contribution in [0.25, 0.3) is 0 Å². The van der Waals surface area contributed by atoms with Crippen LogP contribution in [-0.2, 0) is 14.4 Å². The van der Waals surface area contributed by atoms with Crippen LogP contribution in [0.3, 0.4) is 0 Å². The van der Waals surface area contributed by atoms with Crippen molar-refractivity contribution in [3.05, 3.63) is 11.6 Å². The van der Waals surface area contributed by atoms with Crippen molar-refractivity contribution in [3.63, 3.8) is 0 Å². The van der Waals surface area contributed by atoms with Crippen LogP contribution in [0.5, 0.6) is 0 Å². The molecule has 1 fully saturated rings. The van der Waals surface area contributed by atoms with E-state index in [0.717, 1.165) is 31.8 Å². The summed E-state index contributed by atoms with van der Waals surface area (Å²) in [5.74, 6) is -1.83. The molecule has 0 unspecified atom stereocenters. The van der Waals surface area contributed by atoms with E-state index < -0.39 is 17.3 Å². The Morgan fingerprint density at radius 3 is 2.27 bits per heavy atom. The van der Waals surface area contributed by atoms with E-state index in [4.69, 9.17) is 0 Å². The van der Waals surface area contributed by atoms with Crippen molar-refractivity contribution >= 4 is 17.8 Å². The van der Waals surface area contributed by atoms with Gasteiger partial charge in [0.1, 0.15) is 0 Å². The maximum Gasteiger partial charge on any atom is 0.331 e. The van der Waals surface area contributed by atoms with E-state index in [1.807, 2.05) is 0 Å². The molecule has 1 aliphatic rings. The zero-order valence-electron chi connectivity index (χ0n) is 13.6. The highest BCUT2D eigenvalue weighted by atomic mass is 16.4. The lowest BCUT2D eigenvalue weighted by Crippen LogP contribution is -2.44. The fourth-order valence-electron chi connectivity index (χ4n) is 2.60. The maximum absolute atomic E-state index is 12.4. The van der Waals surface area contributed by atoms with E-state index in [0.29, 0.717) is 0 Å². The molecule has 0 bridgehead atoms. The van der Waals surface area contributed by atoms with Gasteiger partial charge in [0, 0.05) is 30.2 Å². The van der Waals surface area contributed by atoms with Gasteiger partial charge in [-0.2, -0.15) is 0 Å². The Bertz CT molecular complexity index is 463. The summed E-state index contributed by atoms with van der Waals surface area (Å²) in [5.41, 5.74) is -0.946. The van der Waals surface area contributed by atoms with Crippen molar-refractivity contribution < 1.29 is 19.5 Å². The van der Waals surface area contributed by atoms with Crippen LogP contribution in [0.4, 0.5) is 0 Å². The zero-order chi connectivity index (χ0) is 16.8. The Labute approximate surface area is 131 Å². The highest BCUT2D eigenvalue weighted by Gasteiger charge is 2.32. The van der Waals surface area contributed by atoms with Gasteiger partial charge in [0.15, 0.2) is 0 Å². The number of aliphatic carboxylic acids is 1. The lowest BCUT2D eigenvalue weighted by molar-refractivity contribution is -0.134. The summed E-state index contributed by atoms with van der Waals surface area (Å²) in [4.78, 5) is 35.0. The van der Waals surface area contributed by atoms with Gasteiger partial charge in [-0.3, -0.25) is 9.59 Å². The number of carbonyl (C=O) groups excluding carboxylic acids is 2. The molecular weight excluding hydrogens is 284 g/mol. The molecule has 2 amide bonds. The molecule has 0 heterocycles. The Hall–Kier alpha value is -1.85. The van der Waals surface area contributed by atoms with E-state index in [2.05, 4.69) is 10.6 Å². The third-order valence-corrected chi connectivity index (χ3v) is 4.01. The summed E-state index contributed by atoms with van der Waals surface area (Å²) in [5, 5.41) is 14.6. The fraction of sp³-hybridized carbons (Fsp3) is 0.688. The molecule has 3 N–H and O–H groups in total. The molecule has 0 radical (unpaired) electrons. The molecular formula is C16H26N2O4. The Balaban J connectivity index is 2.73. The van der Waals surface area contributed by atoms with Crippen molar-refractivity contribution in [3.8, 4) is 0 Å². The number of rotatable bonds is 6. The van der Waals surface area contributed by atoms with Crippen molar-refractivity contribution in [1.82, 2.24) is 10.6 Å². The average Bonchev–Trinajstić information content (AvgIpc) is 2.47. The van der Waals surface area contributed by atoms with Gasteiger partial charge in [0.05, 0.1) is 0 Å². The van der Waals surface area contributed by atoms with Crippen LogP contribution in [-0.4, -0.2) is 36.0 Å². The van der Waals surface area contributed by atoms with Gasteiger partial charge in [-0.15, -0.1) is 0 Å². The monoisotopic (exact) mass is 310 g/mol. The SMILES string of the molecule is CNC(=O)/C=C(/CC(C)(C)C(=O)NC1CCCCC1)C(=O)O. The summed E-state index contributed by atoms with van der Waals surface area (Å²) in [6.45, 7) is 3.40. The van der Waals surface area contributed by atoms with Gasteiger partial charge in [-0.25, -0.2) is 4.79 Å². The minimum absolute atomic E-state index is 0.00824. The molecule has 0 atom stereocenters. The predicted octanol–water partition coefficient (Wildman–Crippen LogP) is 1.61. The second-order valence-electron chi connectivity index (χ2n) is 6.46. The van der Waals surface area contributed by atoms with Gasteiger partial charge in [0.25, 0.3) is 0 Å². The first kappa shape index (κ1) is 18.2. The molecule has 22 heavy (non-hydrogen) atoms. The van der Waals surface area contributed by atoms with E-state index in [9.17, 15) is 19.5 Å². The van der Waals surface area contributed by atoms with Crippen molar-refractivity contribution in [1.29, 1.82) is 0 Å². The van der Waals surface area contributed by atoms with E-state index in [1.54, 1.807) is 13.8 Å². The maximum atomic E-state index is 12.4. The van der Waals surface area contributed by atoms with Gasteiger partial charge >= 0.3 is 5.97 Å². The number of nitrogens with one attached hydrogen (secondary N) is 2. The standard InChI is InChI=1S/C16H26N2O4/c1-16(2,10-11(14(20)21)9-13(19)17-3)15(22)18-12-7-5-4-6-8-12/h9,12H,4-8,10H2,1-3H3,(H,17,19)(H,18,22)(H,20,21)/b11-9-. The third kappa shape index (κ3) is 5.50. The molecule has 6 heteroatoms. The first-order valence-electron chi connectivity index (χ1n) is 7.73. The largest absolute Gasteiger partial charge is 0.478 e. The van der Waals surface area contributed by atoms with Gasteiger partial charge in [0.2, 0.25) is 11.8 Å². The van der Waals surface area contributed by atoms with Crippen LogP contribution in [0.1, 0.15) is 52.4 Å². The average molecular weight is 310 g/mol. The second-order valence-corrected chi connectivity index (χ2v) is 6.46. The predicted molar refractivity (Wildman–Crippen MR) is 83.2 cm³/mol. The quantitative estimate of drug-likeness (QED) is 0.649. The first-order chi connectivity index (χ1) is 10.3. The third-order valence-electron chi connectivity index (χ3n) is 4.01. The molecule has 0 aliphatic heterocycles. The molecule has 0 aromatic carbocycles. The van der Waals surface area contributed by atoms with Gasteiger partial charge < -0.3 is 15.7 Å². The van der Waals surface area contributed by atoms with Gasteiger partial charge in [-0.1, -0.05) is 33.1 Å². The lowest BCUT2D eigenvalue weighted by atomic mass is 9.83. The number of hydrogen-bond acceptors (Lipinski definition) is 3. The Kier molecular flexibility index (Phi) is 6.59. The molecule has 0 saturated heterocycles. The molecule has 1 saturated carbocycles. The summed E-state index contributed by atoms with van der Waals surface area (Å²) < 4.78 is 0. The summed E-state index contributed by atoms with van der Waals surface area (Å²) >= 11 is 0. The van der Waals surface area contributed by atoms with Crippen molar-refractivity contribution in [2.75, 3.05) is 7.05 Å². The normalized spacial score (nSPS) is 17.0. The zero-order valence-corrected chi connectivity index (χ0v) is 13.6. The van der Waals surface area contributed by atoms with E-state index in [1.165, 1.54) is 13.5 Å². The minimum atomic E-state index is -1.18. The number of likely N-dealkylation sites (N-methyl/N-ethyl adjacent to an activating group) is 1. The number of hydrogen-bond donors (Lipinski definition) is 3. The first-order valence-corrected chi connectivity index (χ1v) is 7.73. The minimum Gasteiger partial charge on any atom is -0.478 e. The summed E-state index contributed by atoms with van der Waals surface area (Å²) in [6.07, 6.45) is 6.42. The highest BCUT2D eigenvalue weighted by Crippen LogP contribution is 2.27. The fourth-order valence-corrected chi connectivity index (χ4v) is 2.60. The molecule has 6 nitrogen and oxygen atoms in total. The molecule has 124 valence electrons. The summed E-state index contributed by atoms with van der Waals surface area (Å²) in [7, 11) is 1.43. The van der Waals surface area contributed by atoms with E-state index >= 15 is 0 Å². The van der Waals surface area contributed by atoms with E-state index in [-0.39, 0.29) is 23.9 Å². The van der Waals surface area contributed by atoms with Crippen molar-refractivity contribution in [2.45, 2.75) is 58.4 Å². The van der Waals surface area contributed by atoms with Crippen molar-refractivity contribution in [2.24, 2.45) is 5.41 Å². The molecule has 1 aliphatic carbocycles. The lowest BCUT2D eigenvalue weighted by Gasteiger charge is -2.29. The molecule has 0 aromatic heterocycles. The van der Waals surface area contributed by atoms with Crippen LogP contribution in [0.15, 0.2) is 11.6 Å². The van der Waals surface area contributed by atoms with Crippen LogP contribution < -0.4 is 10.6 Å². The van der Waals surface area contributed by atoms with Crippen LogP contribution in [0, 0.1) is 5.41 Å². The Morgan fingerprint density at radius 2 is 1.77 bits per heavy atom. The number of amides is 2. The second kappa shape index (κ2) is 7.96. The molecule has 0 aromatic rings. The number of carboxylic acid groups (broad SMARTS) is 1. The molecule has 0 spiro atoms. The number of carboxylic acids is 1. The summed E-state index contributed by atoms with van der Waals surface area (Å²) in [6, 6.07) is 0.178. The Morgan fingerprint density at radius 1 is 1.18 bits per heavy atom. The van der Waals surface area contributed by atoms with Crippen LogP contribution in [0.2, 0.25) is 0 Å². The van der Waals surface area contributed by atoms with Gasteiger partial charge in [-0.05, 0) is 19.3 Å². The van der Waals surface area contributed by atoms with Crippen LogP contribution >= 0.6 is 0 Å². The smallest absolute Gasteiger partial charge is 0.331 e. The highest BCUT2D eigenvalue weighted by molar-refractivity contribution is 5.98. The number of carbonyl (C=O) groups is 3. The topological polar surface area (TPSA) is 95.5 Å². The molecule has 1 rings (SSSR count).